The largest absolute Gasteiger partial charge is 0.297 e. The van der Waals surface area contributed by atoms with Crippen LogP contribution >= 0.6 is 23.2 Å². The predicted octanol–water partition coefficient (Wildman–Crippen LogP) is 6.84. The van der Waals surface area contributed by atoms with Gasteiger partial charge >= 0.3 is 0 Å². The zero-order valence-corrected chi connectivity index (χ0v) is 19.8. The minimum Gasteiger partial charge on any atom is -0.288 e. The smallest absolute Gasteiger partial charge is 0.288 e. The van der Waals surface area contributed by atoms with Crippen molar-refractivity contribution in [2.24, 2.45) is 5.41 Å². The summed E-state index contributed by atoms with van der Waals surface area (Å²) in [5.41, 5.74) is 4.92. The Bertz CT molecular complexity index is 1290. The number of hydrogen-bond donors (Lipinski definition) is 2. The Hall–Kier alpha value is -2.64. The molecule has 2 atom stereocenters. The molecule has 3 aromatic rings. The number of nitrogens with zero attached hydrogens (tertiary/aromatic N) is 2. The third-order valence-electron chi connectivity index (χ3n) is 7.65. The number of H-pyrrole nitrogens is 1. The number of nitrogens with one attached hydrogen (secondary N) is 2. The molecule has 1 fully saturated rings. The second-order valence-electron chi connectivity index (χ2n) is 9.48. The number of carbonyl (C=O) groups is 1. The van der Waals surface area contributed by atoms with Gasteiger partial charge in [-0.15, -0.1) is 0 Å². The van der Waals surface area contributed by atoms with E-state index in [0.29, 0.717) is 5.02 Å². The van der Waals surface area contributed by atoms with Crippen molar-refractivity contribution in [1.82, 2.24) is 10.2 Å². The number of halogens is 4. The molecule has 1 aromatic heterocycles. The summed E-state index contributed by atoms with van der Waals surface area (Å²) in [5, 5.41) is 9.19. The van der Waals surface area contributed by atoms with Crippen LogP contribution in [0.4, 0.5) is 20.2 Å². The van der Waals surface area contributed by atoms with Crippen molar-refractivity contribution in [2.45, 2.75) is 44.9 Å². The Morgan fingerprint density at radius 2 is 1.94 bits per heavy atom. The fourth-order valence-corrected chi connectivity index (χ4v) is 5.91. The number of carbonyl (C=O) groups excluding carboxylic acids is 1. The van der Waals surface area contributed by atoms with Crippen molar-refractivity contribution in [2.75, 3.05) is 10.4 Å². The number of amides is 1. The highest BCUT2D eigenvalue weighted by Crippen LogP contribution is 2.67. The normalized spacial score (nSPS) is 22.3. The first kappa shape index (κ1) is 22.2. The summed E-state index contributed by atoms with van der Waals surface area (Å²) >= 11 is 12.5. The molecule has 1 amide bonds. The molecule has 0 radical (unpaired) electrons. The molecule has 33 heavy (non-hydrogen) atoms. The molecule has 2 bridgehead atoms. The van der Waals surface area contributed by atoms with Crippen molar-refractivity contribution in [3.05, 3.63) is 75.0 Å². The van der Waals surface area contributed by atoms with E-state index in [0.717, 1.165) is 41.2 Å². The van der Waals surface area contributed by atoms with Gasteiger partial charge in [0.05, 0.1) is 16.4 Å². The second kappa shape index (κ2) is 7.43. The zero-order chi connectivity index (χ0) is 23.7. The van der Waals surface area contributed by atoms with Gasteiger partial charge < -0.3 is 0 Å². The van der Waals surface area contributed by atoms with Gasteiger partial charge in [0.25, 0.3) is 5.91 Å². The van der Waals surface area contributed by atoms with Crippen molar-refractivity contribution < 1.29 is 13.6 Å². The molecule has 0 aliphatic heterocycles. The Labute approximate surface area is 200 Å². The molecule has 1 saturated carbocycles. The standard InChI is InChI=1S/C24H22Cl2F2N4O/c1-23(2)14-8-9-24(23,3)21-19(14)20(29-30-21)22(33)32(18-7-4-12(25)10-15(18)26)31-17-6-5-13(27)11-16(17)28/h4-7,10-11,14,31H,8-9H2,1-3H3,(H,29,30). The molecule has 5 rings (SSSR count). The maximum atomic E-state index is 14.5. The molecule has 1 heterocycles. The van der Waals surface area contributed by atoms with Gasteiger partial charge in [-0.2, -0.15) is 5.10 Å². The number of hydrogen-bond acceptors (Lipinski definition) is 3. The second-order valence-corrected chi connectivity index (χ2v) is 10.3. The molecular weight excluding hydrogens is 469 g/mol. The van der Waals surface area contributed by atoms with Gasteiger partial charge in [-0.05, 0) is 54.5 Å². The lowest BCUT2D eigenvalue weighted by atomic mass is 9.70. The highest BCUT2D eigenvalue weighted by atomic mass is 35.5. The van der Waals surface area contributed by atoms with Crippen molar-refractivity contribution in [1.29, 1.82) is 0 Å². The van der Waals surface area contributed by atoms with Crippen LogP contribution in [0, 0.1) is 17.0 Å². The van der Waals surface area contributed by atoms with Gasteiger partial charge in [0.2, 0.25) is 0 Å². The van der Waals surface area contributed by atoms with E-state index < -0.39 is 17.5 Å². The number of rotatable bonds is 4. The van der Waals surface area contributed by atoms with Gasteiger partial charge in [0.1, 0.15) is 5.82 Å². The van der Waals surface area contributed by atoms with E-state index in [4.69, 9.17) is 23.2 Å². The highest BCUT2D eigenvalue weighted by Gasteiger charge is 2.62. The van der Waals surface area contributed by atoms with E-state index in [1.54, 1.807) is 12.1 Å². The first-order valence-electron chi connectivity index (χ1n) is 10.6. The molecule has 172 valence electrons. The number of aromatic amines is 1. The van der Waals surface area contributed by atoms with Crippen molar-refractivity contribution in [3.8, 4) is 0 Å². The van der Waals surface area contributed by atoms with Gasteiger partial charge in [-0.1, -0.05) is 44.0 Å². The Kier molecular flexibility index (Phi) is 4.99. The van der Waals surface area contributed by atoms with E-state index in [1.165, 1.54) is 12.1 Å². The zero-order valence-electron chi connectivity index (χ0n) is 18.3. The minimum absolute atomic E-state index is 0.0363. The molecule has 2 N–H and O–H groups in total. The summed E-state index contributed by atoms with van der Waals surface area (Å²) in [6.45, 7) is 6.63. The maximum Gasteiger partial charge on any atom is 0.297 e. The first-order chi connectivity index (χ1) is 15.5. The fraction of sp³-hybridized carbons (Fsp3) is 0.333. The molecular formula is C24H22Cl2F2N4O. The van der Waals surface area contributed by atoms with Crippen LogP contribution in [0.2, 0.25) is 10.0 Å². The van der Waals surface area contributed by atoms with Gasteiger partial charge in [0.15, 0.2) is 11.5 Å². The Morgan fingerprint density at radius 3 is 2.64 bits per heavy atom. The lowest BCUT2D eigenvalue weighted by Crippen LogP contribution is -2.38. The molecule has 2 aliphatic carbocycles. The summed E-state index contributed by atoms with van der Waals surface area (Å²) in [4.78, 5) is 13.9. The van der Waals surface area contributed by atoms with E-state index >= 15 is 0 Å². The fourth-order valence-electron chi connectivity index (χ4n) is 5.42. The summed E-state index contributed by atoms with van der Waals surface area (Å²) in [7, 11) is 0. The predicted molar refractivity (Wildman–Crippen MR) is 125 cm³/mol. The van der Waals surface area contributed by atoms with Crippen molar-refractivity contribution >= 4 is 40.5 Å². The van der Waals surface area contributed by atoms with E-state index in [1.807, 2.05) is 0 Å². The number of benzene rings is 2. The van der Waals surface area contributed by atoms with Crippen LogP contribution in [0.15, 0.2) is 36.4 Å². The van der Waals surface area contributed by atoms with Crippen LogP contribution in [0.5, 0.6) is 0 Å². The molecule has 0 saturated heterocycles. The Morgan fingerprint density at radius 1 is 1.18 bits per heavy atom. The molecule has 0 spiro atoms. The maximum absolute atomic E-state index is 14.5. The Balaban J connectivity index is 1.61. The van der Waals surface area contributed by atoms with E-state index in [-0.39, 0.29) is 38.8 Å². The van der Waals surface area contributed by atoms with Crippen LogP contribution in [-0.2, 0) is 5.41 Å². The van der Waals surface area contributed by atoms with Crippen LogP contribution in [-0.4, -0.2) is 16.1 Å². The summed E-state index contributed by atoms with van der Waals surface area (Å²) in [5.74, 6) is -1.91. The first-order valence-corrected chi connectivity index (χ1v) is 11.4. The minimum atomic E-state index is -0.849. The molecule has 2 aliphatic rings. The third kappa shape index (κ3) is 3.16. The highest BCUT2D eigenvalue weighted by molar-refractivity contribution is 6.37. The van der Waals surface area contributed by atoms with E-state index in [2.05, 4.69) is 36.4 Å². The number of anilines is 2. The lowest BCUT2D eigenvalue weighted by molar-refractivity contribution is 0.0986. The van der Waals surface area contributed by atoms with Crippen LogP contribution in [0.1, 0.15) is 61.3 Å². The average molecular weight is 491 g/mol. The van der Waals surface area contributed by atoms with Crippen molar-refractivity contribution in [3.63, 3.8) is 0 Å². The molecule has 2 unspecified atom stereocenters. The molecule has 9 heteroatoms. The van der Waals surface area contributed by atoms with Crippen LogP contribution in [0.3, 0.4) is 0 Å². The third-order valence-corrected chi connectivity index (χ3v) is 8.19. The van der Waals surface area contributed by atoms with Gasteiger partial charge in [-0.25, -0.2) is 13.8 Å². The molecule has 2 aromatic carbocycles. The van der Waals surface area contributed by atoms with E-state index in [9.17, 15) is 13.6 Å². The van der Waals surface area contributed by atoms with Gasteiger partial charge in [-0.3, -0.25) is 15.3 Å². The molecule has 5 nitrogen and oxygen atoms in total. The SMILES string of the molecule is CC12CCC(c3c(C(=O)N(Nc4ccc(F)cc4F)c4ccc(Cl)cc4Cl)n[nH]c31)C2(C)C. The van der Waals surface area contributed by atoms with Crippen LogP contribution in [0.25, 0.3) is 0 Å². The van der Waals surface area contributed by atoms with Gasteiger partial charge in [0, 0.05) is 27.8 Å². The number of aromatic nitrogens is 2. The van der Waals surface area contributed by atoms with Crippen LogP contribution < -0.4 is 10.4 Å². The summed E-state index contributed by atoms with van der Waals surface area (Å²) in [6.07, 6.45) is 1.97. The topological polar surface area (TPSA) is 61.0 Å². The summed E-state index contributed by atoms with van der Waals surface area (Å²) in [6, 6.07) is 7.68. The lowest BCUT2D eigenvalue weighted by Gasteiger charge is -2.34. The monoisotopic (exact) mass is 490 g/mol. The average Bonchev–Trinajstić information content (AvgIpc) is 3.33. The quantitative estimate of drug-likeness (QED) is 0.393. The number of hydrazine groups is 1. The summed E-state index contributed by atoms with van der Waals surface area (Å²) < 4.78 is 27.9. The number of fused-ring (bicyclic) bond motifs is 5.